The highest BCUT2D eigenvalue weighted by Crippen LogP contribution is 2.42. The van der Waals surface area contributed by atoms with Gasteiger partial charge in [-0.05, 0) is 55.3 Å². The van der Waals surface area contributed by atoms with Crippen molar-refractivity contribution in [2.45, 2.75) is 62.1 Å². The topological polar surface area (TPSA) is 83.9 Å². The van der Waals surface area contributed by atoms with E-state index < -0.39 is 28.0 Å². The lowest BCUT2D eigenvalue weighted by Crippen LogP contribution is -2.49. The molecule has 1 fully saturated rings. The molecule has 0 aliphatic carbocycles. The molecule has 2 aromatic carbocycles. The number of carbonyl (C=O) groups is 1. The van der Waals surface area contributed by atoms with E-state index in [4.69, 9.17) is 4.74 Å². The summed E-state index contributed by atoms with van der Waals surface area (Å²) in [6.45, 7) is 4.02. The number of thioether (sulfide) groups is 1. The predicted molar refractivity (Wildman–Crippen MR) is 137 cm³/mol. The Kier molecular flexibility index (Phi) is 9.45. The minimum atomic E-state index is -3.88. The van der Waals surface area contributed by atoms with E-state index in [2.05, 4.69) is 6.92 Å². The number of benzene rings is 2. The molecule has 0 bridgehead atoms. The summed E-state index contributed by atoms with van der Waals surface area (Å²) in [6.07, 6.45) is 4.94. The molecule has 0 unspecified atom stereocenters. The average molecular weight is 506 g/mol. The van der Waals surface area contributed by atoms with E-state index in [1.54, 1.807) is 43.1 Å². The molecule has 1 N–H and O–H groups in total. The average Bonchev–Trinajstić information content (AvgIpc) is 2.83. The van der Waals surface area contributed by atoms with Crippen LogP contribution in [0, 0.1) is 12.8 Å². The third-order valence-corrected chi connectivity index (χ3v) is 9.77. The van der Waals surface area contributed by atoms with E-state index in [1.807, 2.05) is 31.2 Å². The summed E-state index contributed by atoms with van der Waals surface area (Å²) in [4.78, 5) is 12.4. The van der Waals surface area contributed by atoms with Gasteiger partial charge in [-0.2, -0.15) is 16.1 Å². The van der Waals surface area contributed by atoms with E-state index >= 15 is 0 Å². The van der Waals surface area contributed by atoms with Gasteiger partial charge in [-0.3, -0.25) is 4.79 Å². The lowest BCUT2D eigenvalue weighted by atomic mass is 9.90. The Hall–Kier alpha value is -2.03. The Balaban J connectivity index is 1.94. The molecular weight excluding hydrogens is 470 g/mol. The number of piperidine rings is 1. The van der Waals surface area contributed by atoms with Crippen LogP contribution in [0.15, 0.2) is 53.4 Å². The number of hydrogen-bond donors (Lipinski definition) is 1. The number of hydrogen-bond acceptors (Lipinski definition) is 5. The van der Waals surface area contributed by atoms with Crippen molar-refractivity contribution < 1.29 is 23.1 Å². The van der Waals surface area contributed by atoms with Gasteiger partial charge in [0.2, 0.25) is 10.0 Å². The number of carboxylic acids is 1. The molecule has 186 valence electrons. The molecule has 2 aromatic rings. The van der Waals surface area contributed by atoms with E-state index in [9.17, 15) is 18.3 Å². The summed E-state index contributed by atoms with van der Waals surface area (Å²) < 4.78 is 34.1. The van der Waals surface area contributed by atoms with Crippen LogP contribution in [-0.2, 0) is 14.8 Å². The third kappa shape index (κ3) is 6.34. The van der Waals surface area contributed by atoms with Crippen molar-refractivity contribution in [3.63, 3.8) is 0 Å². The first kappa shape index (κ1) is 26.6. The Labute approximate surface area is 207 Å². The maximum absolute atomic E-state index is 13.7. The van der Waals surface area contributed by atoms with Crippen LogP contribution in [0.2, 0.25) is 0 Å². The van der Waals surface area contributed by atoms with Crippen molar-refractivity contribution in [3.8, 4) is 5.75 Å². The minimum Gasteiger partial charge on any atom is -0.497 e. The van der Waals surface area contributed by atoms with E-state index in [0.29, 0.717) is 12.2 Å². The molecule has 0 spiro atoms. The number of nitrogens with zero attached hydrogens (tertiary/aromatic N) is 1. The zero-order valence-corrected chi connectivity index (χ0v) is 21.8. The fourth-order valence-corrected chi connectivity index (χ4v) is 7.44. The molecule has 34 heavy (non-hydrogen) atoms. The molecule has 0 aromatic heterocycles. The van der Waals surface area contributed by atoms with Crippen molar-refractivity contribution in [1.29, 1.82) is 0 Å². The van der Waals surface area contributed by atoms with Crippen molar-refractivity contribution in [2.75, 3.05) is 19.4 Å². The van der Waals surface area contributed by atoms with Gasteiger partial charge in [0.15, 0.2) is 0 Å². The van der Waals surface area contributed by atoms with Gasteiger partial charge in [0.25, 0.3) is 0 Å². The second-order valence-corrected chi connectivity index (χ2v) is 12.1. The van der Waals surface area contributed by atoms with Crippen molar-refractivity contribution in [3.05, 3.63) is 59.7 Å². The molecule has 0 amide bonds. The van der Waals surface area contributed by atoms with E-state index in [-0.39, 0.29) is 16.7 Å². The molecule has 3 atom stereocenters. The van der Waals surface area contributed by atoms with Crippen LogP contribution in [0.25, 0.3) is 0 Å². The molecular formula is C26H35NO5S2. The lowest BCUT2D eigenvalue weighted by Gasteiger charge is -2.41. The van der Waals surface area contributed by atoms with Gasteiger partial charge in [0.1, 0.15) is 5.75 Å². The van der Waals surface area contributed by atoms with Crippen LogP contribution in [0.3, 0.4) is 0 Å². The number of unbranched alkanes of at least 4 members (excludes halogenated alkanes) is 3. The first-order valence-electron chi connectivity index (χ1n) is 11.8. The number of aryl methyl sites for hydroxylation is 1. The zero-order valence-electron chi connectivity index (χ0n) is 20.1. The summed E-state index contributed by atoms with van der Waals surface area (Å²) in [5.41, 5.74) is 1.81. The fourth-order valence-electron chi connectivity index (χ4n) is 4.37. The monoisotopic (exact) mass is 505 g/mol. The number of rotatable bonds is 11. The third-order valence-electron chi connectivity index (χ3n) is 6.40. The first-order valence-corrected chi connectivity index (χ1v) is 14.3. The summed E-state index contributed by atoms with van der Waals surface area (Å²) in [5, 5.41) is 9.86. The predicted octanol–water partition coefficient (Wildman–Crippen LogP) is 5.52. The van der Waals surface area contributed by atoms with Crippen LogP contribution < -0.4 is 4.74 Å². The summed E-state index contributed by atoms with van der Waals surface area (Å²) in [5.74, 6) is -0.124. The van der Waals surface area contributed by atoms with Crippen molar-refractivity contribution in [1.82, 2.24) is 4.31 Å². The van der Waals surface area contributed by atoms with Gasteiger partial charge < -0.3 is 9.84 Å². The van der Waals surface area contributed by atoms with Gasteiger partial charge in [0, 0.05) is 11.8 Å². The highest BCUT2D eigenvalue weighted by molar-refractivity contribution is 7.99. The quantitative estimate of drug-likeness (QED) is 0.405. The Morgan fingerprint density at radius 1 is 1.09 bits per heavy atom. The van der Waals surface area contributed by atoms with Crippen LogP contribution in [0.5, 0.6) is 5.75 Å². The van der Waals surface area contributed by atoms with Gasteiger partial charge in [-0.15, -0.1) is 0 Å². The Morgan fingerprint density at radius 3 is 2.35 bits per heavy atom. The number of ether oxygens (including phenoxy) is 1. The van der Waals surface area contributed by atoms with Crippen molar-refractivity contribution >= 4 is 27.8 Å². The summed E-state index contributed by atoms with van der Waals surface area (Å²) in [7, 11) is -2.29. The number of aliphatic carboxylic acids is 1. The lowest BCUT2D eigenvalue weighted by molar-refractivity contribution is -0.143. The molecule has 3 rings (SSSR count). The molecule has 1 saturated heterocycles. The van der Waals surface area contributed by atoms with Crippen LogP contribution in [-0.4, -0.2) is 48.5 Å². The molecule has 0 saturated carbocycles. The van der Waals surface area contributed by atoms with Gasteiger partial charge in [-0.25, -0.2) is 8.42 Å². The van der Waals surface area contributed by atoms with Crippen LogP contribution in [0.4, 0.5) is 0 Å². The highest BCUT2D eigenvalue weighted by Gasteiger charge is 2.45. The number of sulfonamides is 1. The molecule has 8 heteroatoms. The molecule has 1 heterocycles. The fraction of sp³-hybridized carbons (Fsp3) is 0.500. The Bertz CT molecular complexity index is 1040. The number of carboxylic acid groups (broad SMARTS) is 1. The van der Waals surface area contributed by atoms with Gasteiger partial charge in [0.05, 0.1) is 24.0 Å². The normalized spacial score (nSPS) is 21.3. The Morgan fingerprint density at radius 2 is 1.76 bits per heavy atom. The SMILES string of the molecule is CCCCCCS[C@@H]1C[C@@H](c2ccc(OC)cc2)N(S(=O)(=O)c2ccc(C)cc2)C[C@H]1C(=O)O. The maximum atomic E-state index is 13.7. The summed E-state index contributed by atoms with van der Waals surface area (Å²) in [6, 6.07) is 13.7. The van der Waals surface area contributed by atoms with E-state index in [1.165, 1.54) is 10.7 Å². The van der Waals surface area contributed by atoms with Gasteiger partial charge in [-0.1, -0.05) is 56.0 Å². The maximum Gasteiger partial charge on any atom is 0.308 e. The van der Waals surface area contributed by atoms with E-state index in [0.717, 1.165) is 36.1 Å². The summed E-state index contributed by atoms with van der Waals surface area (Å²) >= 11 is 1.67. The number of methoxy groups -OCH3 is 1. The van der Waals surface area contributed by atoms with Crippen LogP contribution >= 0.6 is 11.8 Å². The second-order valence-electron chi connectivity index (χ2n) is 8.83. The first-order chi connectivity index (χ1) is 16.3. The van der Waals surface area contributed by atoms with Crippen LogP contribution in [0.1, 0.15) is 56.2 Å². The largest absolute Gasteiger partial charge is 0.497 e. The highest BCUT2D eigenvalue weighted by atomic mass is 32.2. The zero-order chi connectivity index (χ0) is 24.7. The minimum absolute atomic E-state index is 0.0468. The van der Waals surface area contributed by atoms with Crippen molar-refractivity contribution in [2.24, 2.45) is 5.92 Å². The smallest absolute Gasteiger partial charge is 0.308 e. The van der Waals surface area contributed by atoms with Gasteiger partial charge >= 0.3 is 5.97 Å². The molecule has 0 radical (unpaired) electrons. The second kappa shape index (κ2) is 12.1. The molecule has 1 aliphatic rings. The molecule has 1 aliphatic heterocycles. The molecule has 6 nitrogen and oxygen atoms in total. The standard InChI is InChI=1S/C26H35NO5S2/c1-4-5-6-7-16-33-25-17-24(20-10-12-21(32-3)13-11-20)27(18-23(25)26(28)29)34(30,31)22-14-8-19(2)9-15-22/h8-15,23-25H,4-7,16-18H2,1-3H3,(H,28,29)/t23-,24+,25-/m1/s1.